The van der Waals surface area contributed by atoms with Crippen molar-refractivity contribution in [1.29, 1.82) is 0 Å². The van der Waals surface area contributed by atoms with Crippen molar-refractivity contribution in [2.45, 2.75) is 26.4 Å². The Hall–Kier alpha value is -2.21. The van der Waals surface area contributed by atoms with Gasteiger partial charge in [-0.15, -0.1) is 17.5 Å². The maximum absolute atomic E-state index is 13.7. The Bertz CT molecular complexity index is 771. The van der Waals surface area contributed by atoms with Crippen LogP contribution in [0.15, 0.2) is 36.5 Å². The molecule has 0 aliphatic carbocycles. The second-order valence-corrected chi connectivity index (χ2v) is 5.16. The zero-order valence-corrected chi connectivity index (χ0v) is 13.1. The van der Waals surface area contributed by atoms with E-state index in [1.807, 2.05) is 26.0 Å². The predicted octanol–water partition coefficient (Wildman–Crippen LogP) is 3.26. The summed E-state index contributed by atoms with van der Waals surface area (Å²) in [5.74, 6) is 0.456. The van der Waals surface area contributed by atoms with Crippen LogP contribution in [0.4, 0.5) is 10.2 Å². The van der Waals surface area contributed by atoms with Gasteiger partial charge in [0.05, 0.1) is 12.1 Å². The summed E-state index contributed by atoms with van der Waals surface area (Å²) in [5, 5.41) is 11.5. The first-order valence-corrected chi connectivity index (χ1v) is 6.83. The van der Waals surface area contributed by atoms with E-state index in [-0.39, 0.29) is 24.3 Å². The van der Waals surface area contributed by atoms with E-state index >= 15 is 0 Å². The molecule has 0 atom stereocenters. The molecule has 0 bridgehead atoms. The minimum Gasteiger partial charge on any atom is -0.366 e. The zero-order chi connectivity index (χ0) is 14.8. The molecule has 0 radical (unpaired) electrons. The van der Waals surface area contributed by atoms with Crippen LogP contribution >= 0.6 is 12.4 Å². The first kappa shape index (κ1) is 16.2. The van der Waals surface area contributed by atoms with Crippen LogP contribution in [0.2, 0.25) is 0 Å². The average Bonchev–Trinajstić information content (AvgIpc) is 2.85. The molecule has 0 aliphatic rings. The third-order valence-electron chi connectivity index (χ3n) is 3.14. The van der Waals surface area contributed by atoms with Gasteiger partial charge in [0, 0.05) is 17.8 Å². The number of aromatic nitrogens is 4. The van der Waals surface area contributed by atoms with E-state index in [0.29, 0.717) is 23.4 Å². The van der Waals surface area contributed by atoms with E-state index in [2.05, 4.69) is 20.6 Å². The van der Waals surface area contributed by atoms with Gasteiger partial charge < -0.3 is 5.32 Å². The molecular formula is C15H17ClFN5. The number of hydrogen-bond donors (Lipinski definition) is 1. The van der Waals surface area contributed by atoms with Crippen LogP contribution in [0.3, 0.4) is 0 Å². The fourth-order valence-electron chi connectivity index (χ4n) is 2.18. The second-order valence-electron chi connectivity index (χ2n) is 5.16. The van der Waals surface area contributed by atoms with Crippen molar-refractivity contribution in [3.63, 3.8) is 0 Å². The van der Waals surface area contributed by atoms with Gasteiger partial charge in [-0.05, 0) is 26.0 Å². The summed E-state index contributed by atoms with van der Waals surface area (Å²) in [6.45, 7) is 4.41. The molecule has 0 amide bonds. The number of fused-ring (bicyclic) bond motifs is 1. The van der Waals surface area contributed by atoms with Crippen molar-refractivity contribution in [3.05, 3.63) is 47.9 Å². The largest absolute Gasteiger partial charge is 0.366 e. The van der Waals surface area contributed by atoms with Crippen LogP contribution in [-0.2, 0) is 6.54 Å². The van der Waals surface area contributed by atoms with E-state index in [9.17, 15) is 4.39 Å². The molecule has 0 unspecified atom stereocenters. The summed E-state index contributed by atoms with van der Waals surface area (Å²) in [6.07, 6.45) is 1.70. The molecule has 0 fully saturated rings. The number of rotatable bonds is 4. The highest BCUT2D eigenvalue weighted by molar-refractivity contribution is 5.85. The van der Waals surface area contributed by atoms with Gasteiger partial charge in [-0.25, -0.2) is 14.1 Å². The summed E-state index contributed by atoms with van der Waals surface area (Å²) in [4.78, 5) is 4.28. The lowest BCUT2D eigenvalue weighted by Gasteiger charge is -2.09. The molecule has 2 aromatic heterocycles. The van der Waals surface area contributed by atoms with Crippen molar-refractivity contribution in [1.82, 2.24) is 20.0 Å². The Morgan fingerprint density at radius 1 is 1.23 bits per heavy atom. The lowest BCUT2D eigenvalue weighted by molar-refractivity contribution is 0.583. The van der Waals surface area contributed by atoms with Crippen molar-refractivity contribution >= 4 is 29.3 Å². The van der Waals surface area contributed by atoms with Crippen LogP contribution in [0.5, 0.6) is 0 Å². The molecule has 0 saturated heterocycles. The van der Waals surface area contributed by atoms with Gasteiger partial charge in [0.25, 0.3) is 0 Å². The highest BCUT2D eigenvalue weighted by Gasteiger charge is 2.12. The number of halogens is 2. The third kappa shape index (κ3) is 3.17. The third-order valence-corrected chi connectivity index (χ3v) is 3.14. The van der Waals surface area contributed by atoms with Gasteiger partial charge in [0.15, 0.2) is 11.3 Å². The highest BCUT2D eigenvalue weighted by atomic mass is 35.5. The van der Waals surface area contributed by atoms with E-state index in [1.54, 1.807) is 23.0 Å². The molecule has 0 saturated carbocycles. The Morgan fingerprint density at radius 3 is 2.73 bits per heavy atom. The molecule has 7 heteroatoms. The van der Waals surface area contributed by atoms with Crippen molar-refractivity contribution in [2.75, 3.05) is 5.32 Å². The lowest BCUT2D eigenvalue weighted by atomic mass is 10.2. The molecule has 0 aliphatic heterocycles. The Morgan fingerprint density at radius 2 is 2.00 bits per heavy atom. The smallest absolute Gasteiger partial charge is 0.156 e. The quantitative estimate of drug-likeness (QED) is 0.801. The van der Waals surface area contributed by atoms with Gasteiger partial charge in [-0.3, -0.25) is 0 Å². The number of nitrogens with zero attached hydrogens (tertiary/aromatic N) is 4. The van der Waals surface area contributed by atoms with Crippen LogP contribution in [0.25, 0.3) is 11.0 Å². The van der Waals surface area contributed by atoms with Crippen LogP contribution in [0, 0.1) is 5.82 Å². The Labute approximate surface area is 134 Å². The molecule has 22 heavy (non-hydrogen) atoms. The van der Waals surface area contributed by atoms with E-state index in [1.165, 1.54) is 6.07 Å². The summed E-state index contributed by atoms with van der Waals surface area (Å²) >= 11 is 0. The van der Waals surface area contributed by atoms with Gasteiger partial charge >= 0.3 is 0 Å². The van der Waals surface area contributed by atoms with Gasteiger partial charge in [0.2, 0.25) is 0 Å². The molecule has 3 aromatic rings. The topological polar surface area (TPSA) is 55.6 Å². The average molecular weight is 322 g/mol. The zero-order valence-electron chi connectivity index (χ0n) is 12.3. The maximum Gasteiger partial charge on any atom is 0.156 e. The van der Waals surface area contributed by atoms with E-state index in [4.69, 9.17) is 0 Å². The summed E-state index contributed by atoms with van der Waals surface area (Å²) in [5.41, 5.74) is 2.11. The fraction of sp³-hybridized carbons (Fsp3) is 0.267. The predicted molar refractivity (Wildman–Crippen MR) is 86.8 cm³/mol. The normalized spacial score (nSPS) is 10.7. The molecule has 1 N–H and O–H groups in total. The highest BCUT2D eigenvalue weighted by Crippen LogP contribution is 2.20. The van der Waals surface area contributed by atoms with Gasteiger partial charge in [-0.2, -0.15) is 0 Å². The van der Waals surface area contributed by atoms with Crippen LogP contribution < -0.4 is 5.32 Å². The summed E-state index contributed by atoms with van der Waals surface area (Å²) in [6, 6.07) is 8.76. The molecule has 2 heterocycles. The molecule has 3 rings (SSSR count). The van der Waals surface area contributed by atoms with E-state index < -0.39 is 0 Å². The number of benzene rings is 1. The maximum atomic E-state index is 13.7. The Kier molecular flexibility index (Phi) is 4.92. The van der Waals surface area contributed by atoms with Crippen molar-refractivity contribution < 1.29 is 4.39 Å². The SMILES string of the molecule is CC(C)Nc1nccc2c1nnn2Cc1ccccc1F.Cl. The molecule has 116 valence electrons. The molecule has 5 nitrogen and oxygen atoms in total. The fourth-order valence-corrected chi connectivity index (χ4v) is 2.18. The Balaban J connectivity index is 0.00000176. The molecule has 1 aromatic carbocycles. The number of pyridine rings is 1. The minimum absolute atomic E-state index is 0. The van der Waals surface area contributed by atoms with Crippen LogP contribution in [0.1, 0.15) is 19.4 Å². The van der Waals surface area contributed by atoms with Gasteiger partial charge in [-0.1, -0.05) is 23.4 Å². The van der Waals surface area contributed by atoms with E-state index in [0.717, 1.165) is 5.52 Å². The second kappa shape index (κ2) is 6.70. The first-order valence-electron chi connectivity index (χ1n) is 6.83. The standard InChI is InChI=1S/C15H16FN5.ClH/c1-10(2)18-15-14-13(7-8-17-15)21(20-19-14)9-11-5-3-4-6-12(11)16;/h3-8,10H,9H2,1-2H3,(H,17,18);1H. The number of nitrogens with one attached hydrogen (secondary N) is 1. The number of hydrogen-bond acceptors (Lipinski definition) is 4. The molecule has 0 spiro atoms. The van der Waals surface area contributed by atoms with Crippen molar-refractivity contribution in [3.8, 4) is 0 Å². The monoisotopic (exact) mass is 321 g/mol. The van der Waals surface area contributed by atoms with Gasteiger partial charge in [0.1, 0.15) is 5.82 Å². The molecular weight excluding hydrogens is 305 g/mol. The van der Waals surface area contributed by atoms with Crippen molar-refractivity contribution in [2.24, 2.45) is 0 Å². The van der Waals surface area contributed by atoms with Crippen LogP contribution in [-0.4, -0.2) is 26.0 Å². The summed E-state index contributed by atoms with van der Waals surface area (Å²) < 4.78 is 15.4. The number of anilines is 1. The first-order chi connectivity index (χ1) is 10.1. The summed E-state index contributed by atoms with van der Waals surface area (Å²) in [7, 11) is 0. The lowest BCUT2D eigenvalue weighted by Crippen LogP contribution is -2.11. The minimum atomic E-state index is -0.240.